The Bertz CT molecular complexity index is 310. The molecule has 2 atom stereocenters. The molecular weight excluding hydrogens is 258 g/mol. The smallest absolute Gasteiger partial charge is 0.0128 e. The molecule has 0 aromatic rings. The molecule has 0 aromatic heterocycles. The second kappa shape index (κ2) is 6.97. The van der Waals surface area contributed by atoms with Crippen LogP contribution in [-0.2, 0) is 0 Å². The zero-order chi connectivity index (χ0) is 14.8. The van der Waals surface area contributed by atoms with E-state index in [2.05, 4.69) is 35.9 Å². The predicted octanol–water partition coefficient (Wildman–Crippen LogP) is 2.71. The van der Waals surface area contributed by atoms with Crippen LogP contribution in [0.5, 0.6) is 0 Å². The SMILES string of the molecule is CCN(C1CCN(CC(C)C)CC1)C1CC2CCC(C1)N2. The average Bonchev–Trinajstić information content (AvgIpc) is 2.80. The molecule has 3 heteroatoms. The van der Waals surface area contributed by atoms with Crippen LogP contribution in [0.1, 0.15) is 59.3 Å². The first-order chi connectivity index (χ1) is 10.2. The van der Waals surface area contributed by atoms with E-state index >= 15 is 0 Å². The molecule has 3 aliphatic heterocycles. The van der Waals surface area contributed by atoms with Gasteiger partial charge < -0.3 is 10.2 Å². The lowest BCUT2D eigenvalue weighted by Gasteiger charge is -2.45. The van der Waals surface area contributed by atoms with E-state index in [0.29, 0.717) is 0 Å². The number of rotatable bonds is 5. The highest BCUT2D eigenvalue weighted by Crippen LogP contribution is 2.32. The fourth-order valence-electron chi connectivity index (χ4n) is 5.06. The largest absolute Gasteiger partial charge is 0.311 e. The Kier molecular flexibility index (Phi) is 5.23. The molecule has 1 N–H and O–H groups in total. The van der Waals surface area contributed by atoms with Crippen LogP contribution in [0.2, 0.25) is 0 Å². The summed E-state index contributed by atoms with van der Waals surface area (Å²) in [4.78, 5) is 5.56. The minimum Gasteiger partial charge on any atom is -0.311 e. The van der Waals surface area contributed by atoms with Gasteiger partial charge in [0.05, 0.1) is 0 Å². The first-order valence-corrected chi connectivity index (χ1v) is 9.39. The molecular formula is C18H35N3. The molecule has 3 rings (SSSR count). The molecule has 3 fully saturated rings. The fraction of sp³-hybridized carbons (Fsp3) is 1.00. The number of hydrogen-bond donors (Lipinski definition) is 1. The topological polar surface area (TPSA) is 18.5 Å². The van der Waals surface area contributed by atoms with Gasteiger partial charge in [-0.05, 0) is 64.1 Å². The van der Waals surface area contributed by atoms with Gasteiger partial charge in [-0.1, -0.05) is 20.8 Å². The van der Waals surface area contributed by atoms with Gasteiger partial charge in [-0.15, -0.1) is 0 Å². The second-order valence-electron chi connectivity index (χ2n) is 8.02. The van der Waals surface area contributed by atoms with Crippen molar-refractivity contribution in [2.75, 3.05) is 26.2 Å². The lowest BCUT2D eigenvalue weighted by Crippen LogP contribution is -2.54. The van der Waals surface area contributed by atoms with Crippen LogP contribution < -0.4 is 5.32 Å². The van der Waals surface area contributed by atoms with Crippen LogP contribution >= 0.6 is 0 Å². The van der Waals surface area contributed by atoms with Crippen LogP contribution in [0.4, 0.5) is 0 Å². The zero-order valence-electron chi connectivity index (χ0n) is 14.4. The van der Waals surface area contributed by atoms with Gasteiger partial charge >= 0.3 is 0 Å². The van der Waals surface area contributed by atoms with E-state index in [1.54, 1.807) is 0 Å². The van der Waals surface area contributed by atoms with E-state index in [-0.39, 0.29) is 0 Å². The molecule has 3 nitrogen and oxygen atoms in total. The van der Waals surface area contributed by atoms with Crippen LogP contribution in [0.3, 0.4) is 0 Å². The Morgan fingerprint density at radius 2 is 1.62 bits per heavy atom. The van der Waals surface area contributed by atoms with E-state index < -0.39 is 0 Å². The molecule has 3 heterocycles. The van der Waals surface area contributed by atoms with Crippen LogP contribution in [-0.4, -0.2) is 60.1 Å². The summed E-state index contributed by atoms with van der Waals surface area (Å²) >= 11 is 0. The van der Waals surface area contributed by atoms with Crippen molar-refractivity contribution in [3.63, 3.8) is 0 Å². The monoisotopic (exact) mass is 293 g/mol. The maximum Gasteiger partial charge on any atom is 0.0128 e. The number of hydrogen-bond acceptors (Lipinski definition) is 3. The molecule has 21 heavy (non-hydrogen) atoms. The van der Waals surface area contributed by atoms with Gasteiger partial charge in [0, 0.05) is 30.7 Å². The average molecular weight is 293 g/mol. The summed E-state index contributed by atoms with van der Waals surface area (Å²) < 4.78 is 0. The summed E-state index contributed by atoms with van der Waals surface area (Å²) in [6, 6.07) is 3.35. The standard InChI is InChI=1S/C18H35N3/c1-4-21(18-11-15-5-6-16(12-18)19-15)17-7-9-20(10-8-17)13-14(2)3/h14-19H,4-13H2,1-3H3. The normalized spacial score (nSPS) is 35.0. The van der Waals surface area contributed by atoms with Gasteiger partial charge in [0.15, 0.2) is 0 Å². The summed E-state index contributed by atoms with van der Waals surface area (Å²) in [6.45, 7) is 12.2. The molecule has 3 saturated heterocycles. The van der Waals surface area contributed by atoms with Crippen molar-refractivity contribution in [1.82, 2.24) is 15.1 Å². The van der Waals surface area contributed by atoms with Crippen molar-refractivity contribution in [3.8, 4) is 0 Å². The van der Waals surface area contributed by atoms with Crippen molar-refractivity contribution in [3.05, 3.63) is 0 Å². The molecule has 0 saturated carbocycles. The van der Waals surface area contributed by atoms with Gasteiger partial charge in [0.1, 0.15) is 0 Å². The van der Waals surface area contributed by atoms with Crippen molar-refractivity contribution < 1.29 is 0 Å². The Morgan fingerprint density at radius 3 is 2.14 bits per heavy atom. The van der Waals surface area contributed by atoms with E-state index in [1.807, 2.05) is 0 Å². The van der Waals surface area contributed by atoms with Crippen molar-refractivity contribution in [1.29, 1.82) is 0 Å². The maximum absolute atomic E-state index is 3.80. The molecule has 0 radical (unpaired) electrons. The van der Waals surface area contributed by atoms with Gasteiger partial charge in [-0.25, -0.2) is 0 Å². The highest BCUT2D eigenvalue weighted by molar-refractivity contribution is 4.97. The number of piperidine rings is 2. The quantitative estimate of drug-likeness (QED) is 0.841. The summed E-state index contributed by atoms with van der Waals surface area (Å²) in [5, 5.41) is 3.80. The lowest BCUT2D eigenvalue weighted by molar-refractivity contribution is 0.0533. The first-order valence-electron chi connectivity index (χ1n) is 9.39. The van der Waals surface area contributed by atoms with Crippen LogP contribution in [0.15, 0.2) is 0 Å². The number of nitrogens with one attached hydrogen (secondary N) is 1. The molecule has 2 unspecified atom stereocenters. The lowest BCUT2D eigenvalue weighted by atomic mass is 9.93. The highest BCUT2D eigenvalue weighted by atomic mass is 15.2. The Morgan fingerprint density at radius 1 is 1.00 bits per heavy atom. The molecule has 2 bridgehead atoms. The fourth-order valence-corrected chi connectivity index (χ4v) is 5.06. The summed E-state index contributed by atoms with van der Waals surface area (Å²) in [5.74, 6) is 0.809. The summed E-state index contributed by atoms with van der Waals surface area (Å²) in [7, 11) is 0. The molecule has 122 valence electrons. The van der Waals surface area contributed by atoms with E-state index in [9.17, 15) is 0 Å². The second-order valence-corrected chi connectivity index (χ2v) is 8.02. The minimum atomic E-state index is 0.809. The third-order valence-electron chi connectivity index (χ3n) is 5.93. The molecule has 0 aliphatic carbocycles. The zero-order valence-corrected chi connectivity index (χ0v) is 14.4. The Labute approximate surface area is 131 Å². The summed E-state index contributed by atoms with van der Waals surface area (Å²) in [5.41, 5.74) is 0. The Hall–Kier alpha value is -0.120. The van der Waals surface area contributed by atoms with Gasteiger partial charge in [-0.2, -0.15) is 0 Å². The summed E-state index contributed by atoms with van der Waals surface area (Å²) in [6.07, 6.45) is 8.42. The van der Waals surface area contributed by atoms with Gasteiger partial charge in [0.25, 0.3) is 0 Å². The van der Waals surface area contributed by atoms with E-state index in [4.69, 9.17) is 0 Å². The highest BCUT2D eigenvalue weighted by Gasteiger charge is 2.38. The molecule has 0 spiro atoms. The number of likely N-dealkylation sites (tertiary alicyclic amines) is 1. The maximum atomic E-state index is 3.80. The number of nitrogens with zero attached hydrogens (tertiary/aromatic N) is 2. The predicted molar refractivity (Wildman–Crippen MR) is 89.6 cm³/mol. The Balaban J connectivity index is 1.53. The molecule has 0 amide bonds. The van der Waals surface area contributed by atoms with Crippen molar-refractivity contribution in [2.45, 2.75) is 83.5 Å². The molecule has 0 aromatic carbocycles. The third-order valence-corrected chi connectivity index (χ3v) is 5.93. The first kappa shape index (κ1) is 15.8. The minimum absolute atomic E-state index is 0.809. The van der Waals surface area contributed by atoms with Crippen LogP contribution in [0, 0.1) is 5.92 Å². The number of fused-ring (bicyclic) bond motifs is 2. The van der Waals surface area contributed by atoms with E-state index in [0.717, 1.165) is 30.1 Å². The van der Waals surface area contributed by atoms with Crippen LogP contribution in [0.25, 0.3) is 0 Å². The van der Waals surface area contributed by atoms with Crippen molar-refractivity contribution >= 4 is 0 Å². The van der Waals surface area contributed by atoms with Gasteiger partial charge in [-0.3, -0.25) is 4.90 Å². The van der Waals surface area contributed by atoms with Gasteiger partial charge in [0.2, 0.25) is 0 Å². The molecule has 3 aliphatic rings. The third kappa shape index (κ3) is 3.80. The van der Waals surface area contributed by atoms with E-state index in [1.165, 1.54) is 64.7 Å². The van der Waals surface area contributed by atoms with Crippen molar-refractivity contribution in [2.24, 2.45) is 5.92 Å².